The molecule has 1 aromatic carbocycles. The summed E-state index contributed by atoms with van der Waals surface area (Å²) in [5.41, 5.74) is 3.62. The minimum Gasteiger partial charge on any atom is -0.395 e. The Labute approximate surface area is 179 Å². The number of nitrogens with zero attached hydrogens (tertiary/aromatic N) is 3. The standard InChI is InChI=1S/C25H31N3O2/c1-30-16-4-5-20-6-8-22(9-7-20)25-23-18-27(17-21-10-12-26-13-11-21)14-2-3-15-28(23)24(25)19-29/h6-13,23-25,29H,2-3,14-19H2,1H3/t23-,24+,25+/m1/s1. The van der Waals surface area contributed by atoms with Gasteiger partial charge in [0.05, 0.1) is 6.61 Å². The molecule has 30 heavy (non-hydrogen) atoms. The van der Waals surface area contributed by atoms with Gasteiger partial charge in [0.25, 0.3) is 0 Å². The third kappa shape index (κ3) is 4.74. The summed E-state index contributed by atoms with van der Waals surface area (Å²) in [6, 6.07) is 13.4. The number of fused-ring (bicyclic) bond motifs is 1. The molecule has 3 atom stereocenters. The van der Waals surface area contributed by atoms with E-state index in [1.807, 2.05) is 12.4 Å². The molecule has 2 fully saturated rings. The van der Waals surface area contributed by atoms with E-state index in [-0.39, 0.29) is 12.6 Å². The Bertz CT molecular complexity index is 859. The second kappa shape index (κ2) is 10.2. The number of methoxy groups -OCH3 is 1. The van der Waals surface area contributed by atoms with Crippen molar-refractivity contribution in [3.63, 3.8) is 0 Å². The molecule has 1 aromatic heterocycles. The molecular formula is C25H31N3O2. The Morgan fingerprint density at radius 3 is 2.60 bits per heavy atom. The second-order valence-electron chi connectivity index (χ2n) is 8.24. The van der Waals surface area contributed by atoms with Gasteiger partial charge in [0.1, 0.15) is 6.61 Å². The molecule has 4 rings (SSSR count). The van der Waals surface area contributed by atoms with Crippen LogP contribution >= 0.6 is 0 Å². The number of benzene rings is 1. The van der Waals surface area contributed by atoms with Gasteiger partial charge in [0, 0.05) is 56.2 Å². The van der Waals surface area contributed by atoms with Crippen LogP contribution in [0.15, 0.2) is 48.8 Å². The van der Waals surface area contributed by atoms with Gasteiger partial charge in [-0.2, -0.15) is 0 Å². The Morgan fingerprint density at radius 1 is 1.10 bits per heavy atom. The lowest BCUT2D eigenvalue weighted by molar-refractivity contribution is -0.0655. The van der Waals surface area contributed by atoms with Crippen molar-refractivity contribution >= 4 is 0 Å². The average molecular weight is 406 g/mol. The van der Waals surface area contributed by atoms with Crippen molar-refractivity contribution in [1.82, 2.24) is 14.8 Å². The third-order valence-electron chi connectivity index (χ3n) is 6.35. The number of pyridine rings is 1. The van der Waals surface area contributed by atoms with E-state index in [2.05, 4.69) is 63.0 Å². The molecule has 2 aliphatic heterocycles. The number of ether oxygens (including phenoxy) is 1. The fourth-order valence-electron chi connectivity index (χ4n) is 4.90. The van der Waals surface area contributed by atoms with E-state index < -0.39 is 0 Å². The molecule has 158 valence electrons. The normalized spacial score (nSPS) is 24.7. The van der Waals surface area contributed by atoms with Gasteiger partial charge in [-0.05, 0) is 61.3 Å². The lowest BCUT2D eigenvalue weighted by atomic mass is 9.74. The SMILES string of the molecule is COCC#Cc1ccc([C@H]2[C@H]3CN(Cc4ccncc4)CCCCN3[C@H]2CO)cc1. The molecular weight excluding hydrogens is 374 g/mol. The first-order valence-electron chi connectivity index (χ1n) is 10.9. The van der Waals surface area contributed by atoms with Crippen LogP contribution in [0.1, 0.15) is 35.4 Å². The number of rotatable bonds is 5. The summed E-state index contributed by atoms with van der Waals surface area (Å²) in [6.07, 6.45) is 6.12. The average Bonchev–Trinajstić information content (AvgIpc) is 2.76. The van der Waals surface area contributed by atoms with Crippen LogP contribution in [0.2, 0.25) is 0 Å². The van der Waals surface area contributed by atoms with E-state index in [1.54, 1.807) is 7.11 Å². The minimum absolute atomic E-state index is 0.209. The van der Waals surface area contributed by atoms with E-state index in [1.165, 1.54) is 24.0 Å². The van der Waals surface area contributed by atoms with Gasteiger partial charge in [-0.25, -0.2) is 0 Å². The Morgan fingerprint density at radius 2 is 1.87 bits per heavy atom. The largest absolute Gasteiger partial charge is 0.395 e. The molecule has 0 bridgehead atoms. The van der Waals surface area contributed by atoms with E-state index >= 15 is 0 Å². The minimum atomic E-state index is 0.209. The predicted octanol–water partition coefficient (Wildman–Crippen LogP) is 2.50. The monoisotopic (exact) mass is 405 g/mol. The second-order valence-corrected chi connectivity index (χ2v) is 8.24. The van der Waals surface area contributed by atoms with Crippen LogP contribution < -0.4 is 0 Å². The molecule has 0 spiro atoms. The maximum atomic E-state index is 10.1. The van der Waals surface area contributed by atoms with E-state index in [4.69, 9.17) is 4.74 Å². The molecule has 5 nitrogen and oxygen atoms in total. The lowest BCUT2D eigenvalue weighted by Crippen LogP contribution is -2.67. The van der Waals surface area contributed by atoms with Crippen molar-refractivity contribution in [2.75, 3.05) is 40.0 Å². The molecule has 1 N–H and O–H groups in total. The number of aromatic nitrogens is 1. The third-order valence-corrected chi connectivity index (χ3v) is 6.35. The first-order valence-corrected chi connectivity index (χ1v) is 10.9. The molecule has 2 saturated heterocycles. The number of hydrogen-bond donors (Lipinski definition) is 1. The Balaban J connectivity index is 1.50. The number of aliphatic hydroxyl groups is 1. The van der Waals surface area contributed by atoms with Gasteiger partial charge >= 0.3 is 0 Å². The highest BCUT2D eigenvalue weighted by Crippen LogP contribution is 2.42. The van der Waals surface area contributed by atoms with Gasteiger partial charge in [-0.15, -0.1) is 0 Å². The highest BCUT2D eigenvalue weighted by Gasteiger charge is 2.48. The van der Waals surface area contributed by atoms with Crippen LogP contribution in [0, 0.1) is 11.8 Å². The quantitative estimate of drug-likeness (QED) is 0.775. The summed E-state index contributed by atoms with van der Waals surface area (Å²) in [4.78, 5) is 9.23. The van der Waals surface area contributed by atoms with Crippen molar-refractivity contribution in [1.29, 1.82) is 0 Å². The fraction of sp³-hybridized carbons (Fsp3) is 0.480. The van der Waals surface area contributed by atoms with Crippen LogP contribution in [-0.2, 0) is 11.3 Å². The van der Waals surface area contributed by atoms with Gasteiger partial charge < -0.3 is 9.84 Å². The maximum absolute atomic E-state index is 10.1. The molecule has 0 unspecified atom stereocenters. The Kier molecular flexibility index (Phi) is 7.14. The molecule has 0 aliphatic carbocycles. The van der Waals surface area contributed by atoms with Crippen LogP contribution in [0.25, 0.3) is 0 Å². The Hall–Kier alpha value is -2.23. The van der Waals surface area contributed by atoms with E-state index in [9.17, 15) is 5.11 Å². The summed E-state index contributed by atoms with van der Waals surface area (Å²) < 4.78 is 5.00. The van der Waals surface area contributed by atoms with Crippen molar-refractivity contribution in [3.8, 4) is 11.8 Å². The first kappa shape index (κ1) is 21.0. The predicted molar refractivity (Wildman–Crippen MR) is 118 cm³/mol. The summed E-state index contributed by atoms with van der Waals surface area (Å²) in [5.74, 6) is 6.50. The van der Waals surface area contributed by atoms with Gasteiger partial charge in [-0.3, -0.25) is 14.8 Å². The van der Waals surface area contributed by atoms with E-state index in [0.29, 0.717) is 18.6 Å². The zero-order valence-corrected chi connectivity index (χ0v) is 17.7. The molecule has 0 saturated carbocycles. The highest BCUT2D eigenvalue weighted by atomic mass is 16.5. The van der Waals surface area contributed by atoms with Gasteiger partial charge in [0.15, 0.2) is 0 Å². The van der Waals surface area contributed by atoms with Crippen LogP contribution in [0.4, 0.5) is 0 Å². The zero-order valence-electron chi connectivity index (χ0n) is 17.7. The van der Waals surface area contributed by atoms with Crippen molar-refractivity contribution in [2.24, 2.45) is 0 Å². The van der Waals surface area contributed by atoms with Crippen LogP contribution in [0.3, 0.4) is 0 Å². The van der Waals surface area contributed by atoms with Gasteiger partial charge in [0.2, 0.25) is 0 Å². The molecule has 2 aromatic rings. The zero-order chi connectivity index (χ0) is 20.8. The van der Waals surface area contributed by atoms with Crippen molar-refractivity contribution < 1.29 is 9.84 Å². The highest BCUT2D eigenvalue weighted by molar-refractivity contribution is 5.39. The summed E-state index contributed by atoms with van der Waals surface area (Å²) in [5, 5.41) is 10.1. The summed E-state index contributed by atoms with van der Waals surface area (Å²) in [6.45, 7) is 4.84. The first-order chi connectivity index (χ1) is 14.8. The molecule has 0 amide bonds. The summed E-state index contributed by atoms with van der Waals surface area (Å²) >= 11 is 0. The van der Waals surface area contributed by atoms with Gasteiger partial charge in [-0.1, -0.05) is 24.0 Å². The lowest BCUT2D eigenvalue weighted by Gasteiger charge is -2.57. The number of aliphatic hydroxyl groups excluding tert-OH is 1. The fourth-order valence-corrected chi connectivity index (χ4v) is 4.90. The molecule has 2 aliphatic rings. The molecule has 3 heterocycles. The topological polar surface area (TPSA) is 48.8 Å². The van der Waals surface area contributed by atoms with Crippen molar-refractivity contribution in [3.05, 3.63) is 65.5 Å². The molecule has 0 radical (unpaired) electrons. The maximum Gasteiger partial charge on any atom is 0.107 e. The summed E-state index contributed by atoms with van der Waals surface area (Å²) in [7, 11) is 1.65. The van der Waals surface area contributed by atoms with Crippen LogP contribution in [-0.4, -0.2) is 71.9 Å². The smallest absolute Gasteiger partial charge is 0.107 e. The van der Waals surface area contributed by atoms with Crippen molar-refractivity contribution in [2.45, 2.75) is 37.4 Å². The number of hydrogen-bond acceptors (Lipinski definition) is 5. The van der Waals surface area contributed by atoms with Crippen LogP contribution in [0.5, 0.6) is 0 Å². The molecule has 5 heteroatoms. The van der Waals surface area contributed by atoms with E-state index in [0.717, 1.165) is 31.7 Å².